The van der Waals surface area contributed by atoms with Crippen LogP contribution in [0.2, 0.25) is 0 Å². The van der Waals surface area contributed by atoms with Crippen LogP contribution in [0.25, 0.3) is 0 Å². The highest BCUT2D eigenvalue weighted by molar-refractivity contribution is 5.80. The van der Waals surface area contributed by atoms with E-state index in [-0.39, 0.29) is 12.5 Å². The van der Waals surface area contributed by atoms with Crippen molar-refractivity contribution < 1.29 is 4.79 Å². The Labute approximate surface area is 81.1 Å². The first-order valence-corrected chi connectivity index (χ1v) is 4.00. The highest BCUT2D eigenvalue weighted by Gasteiger charge is 1.99. The number of hydrazine groups is 1. The minimum Gasteiger partial charge on any atom is -0.361 e. The molecule has 0 fully saturated rings. The first-order valence-electron chi connectivity index (χ1n) is 4.00. The Hall–Kier alpha value is -1.89. The lowest BCUT2D eigenvalue weighted by atomic mass is 10.5. The van der Waals surface area contributed by atoms with Gasteiger partial charge in [0.05, 0.1) is 6.54 Å². The van der Waals surface area contributed by atoms with Crippen LogP contribution in [0.3, 0.4) is 0 Å². The Balaban J connectivity index is 2.54. The molecule has 1 rings (SSSR count). The molecule has 14 heavy (non-hydrogen) atoms. The molecule has 5 N–H and O–H groups in total. The van der Waals surface area contributed by atoms with E-state index in [4.69, 9.17) is 5.84 Å². The fraction of sp³-hybridized carbons (Fsp3) is 0.286. The van der Waals surface area contributed by atoms with Gasteiger partial charge >= 0.3 is 0 Å². The quantitative estimate of drug-likeness (QED) is 0.360. The van der Waals surface area contributed by atoms with Crippen molar-refractivity contribution in [3.63, 3.8) is 0 Å². The summed E-state index contributed by atoms with van der Waals surface area (Å²) in [5.74, 6) is 5.84. The van der Waals surface area contributed by atoms with Gasteiger partial charge in [0, 0.05) is 13.2 Å². The summed E-state index contributed by atoms with van der Waals surface area (Å²) in [6.45, 7) is 0.164. The van der Waals surface area contributed by atoms with E-state index in [0.717, 1.165) is 0 Å². The van der Waals surface area contributed by atoms with Crippen LogP contribution in [-0.2, 0) is 4.79 Å². The topological polar surface area (TPSA) is 105 Å². The van der Waals surface area contributed by atoms with Gasteiger partial charge in [-0.05, 0) is 6.07 Å². The molecule has 7 nitrogen and oxygen atoms in total. The number of carbonyl (C=O) groups excluding carboxylic acids is 1. The number of likely N-dealkylation sites (N-methyl/N-ethyl adjacent to an activating group) is 1. The van der Waals surface area contributed by atoms with Gasteiger partial charge in [-0.3, -0.25) is 10.2 Å². The lowest BCUT2D eigenvalue weighted by molar-refractivity contribution is -0.118. The number of hydrogen-bond donors (Lipinski definition) is 4. The van der Waals surface area contributed by atoms with E-state index in [0.29, 0.717) is 11.8 Å². The van der Waals surface area contributed by atoms with E-state index < -0.39 is 0 Å². The Bertz CT molecular complexity index is 315. The number of aromatic nitrogens is 2. The highest BCUT2D eigenvalue weighted by atomic mass is 16.1. The number of hydrogen-bond acceptors (Lipinski definition) is 6. The summed E-state index contributed by atoms with van der Waals surface area (Å²) < 4.78 is 0. The fourth-order valence-corrected chi connectivity index (χ4v) is 0.786. The van der Waals surface area contributed by atoms with Gasteiger partial charge in [0.2, 0.25) is 11.9 Å². The van der Waals surface area contributed by atoms with Gasteiger partial charge in [0.15, 0.2) is 0 Å². The van der Waals surface area contributed by atoms with Crippen LogP contribution >= 0.6 is 0 Å². The van der Waals surface area contributed by atoms with Crippen molar-refractivity contribution in [2.75, 3.05) is 24.3 Å². The molecule has 0 unspecified atom stereocenters. The zero-order valence-electron chi connectivity index (χ0n) is 7.74. The van der Waals surface area contributed by atoms with Gasteiger partial charge in [0.25, 0.3) is 0 Å². The number of amides is 1. The fourth-order valence-electron chi connectivity index (χ4n) is 0.786. The predicted octanol–water partition coefficient (Wildman–Crippen LogP) is -1.08. The van der Waals surface area contributed by atoms with E-state index in [1.807, 2.05) is 0 Å². The third-order valence-electron chi connectivity index (χ3n) is 1.49. The third kappa shape index (κ3) is 2.87. The summed E-state index contributed by atoms with van der Waals surface area (Å²) in [6.07, 6.45) is 1.54. The maximum Gasteiger partial charge on any atom is 0.239 e. The largest absolute Gasteiger partial charge is 0.361 e. The van der Waals surface area contributed by atoms with Gasteiger partial charge < -0.3 is 10.6 Å². The molecule has 1 heterocycles. The normalized spacial score (nSPS) is 9.29. The molecule has 0 atom stereocenters. The Morgan fingerprint density at radius 2 is 2.43 bits per heavy atom. The Kier molecular flexibility index (Phi) is 3.62. The predicted molar refractivity (Wildman–Crippen MR) is 52.4 cm³/mol. The first-order chi connectivity index (χ1) is 6.76. The van der Waals surface area contributed by atoms with Gasteiger partial charge in [-0.25, -0.2) is 10.8 Å². The SMILES string of the molecule is CNC(=O)CNc1ccnc(NN)n1. The number of nitrogens with one attached hydrogen (secondary N) is 3. The molecule has 0 saturated carbocycles. The molecule has 1 aromatic rings. The number of rotatable bonds is 4. The van der Waals surface area contributed by atoms with E-state index in [9.17, 15) is 4.79 Å². The van der Waals surface area contributed by atoms with Crippen LogP contribution in [0.1, 0.15) is 0 Å². The number of carbonyl (C=O) groups is 1. The van der Waals surface area contributed by atoms with Gasteiger partial charge in [-0.15, -0.1) is 0 Å². The summed E-state index contributed by atoms with van der Waals surface area (Å²) in [6, 6.07) is 1.64. The monoisotopic (exact) mass is 196 g/mol. The minimum atomic E-state index is -0.120. The van der Waals surface area contributed by atoms with E-state index in [1.54, 1.807) is 13.1 Å². The van der Waals surface area contributed by atoms with Crippen LogP contribution in [0.15, 0.2) is 12.3 Å². The van der Waals surface area contributed by atoms with Crippen molar-refractivity contribution in [2.45, 2.75) is 0 Å². The van der Waals surface area contributed by atoms with Crippen LogP contribution in [0.5, 0.6) is 0 Å². The lowest BCUT2D eigenvalue weighted by Crippen LogP contribution is -2.26. The minimum absolute atomic E-state index is 0.120. The molecular formula is C7H12N6O. The van der Waals surface area contributed by atoms with Crippen molar-refractivity contribution in [3.05, 3.63) is 12.3 Å². The van der Waals surface area contributed by atoms with Crippen LogP contribution in [0, 0.1) is 0 Å². The molecule has 7 heteroatoms. The lowest BCUT2D eigenvalue weighted by Gasteiger charge is -2.05. The molecular weight excluding hydrogens is 184 g/mol. The second-order valence-corrected chi connectivity index (χ2v) is 2.44. The standard InChI is InChI=1S/C7H12N6O/c1-9-6(14)4-11-5-2-3-10-7(12-5)13-8/h2-3H,4,8H2,1H3,(H,9,14)(H2,10,11,12,13). The molecule has 76 valence electrons. The van der Waals surface area contributed by atoms with Crippen LogP contribution < -0.4 is 21.9 Å². The zero-order chi connectivity index (χ0) is 10.4. The van der Waals surface area contributed by atoms with E-state index in [2.05, 4.69) is 26.0 Å². The van der Waals surface area contributed by atoms with Crippen molar-refractivity contribution in [1.29, 1.82) is 0 Å². The van der Waals surface area contributed by atoms with E-state index in [1.165, 1.54) is 6.20 Å². The summed E-state index contributed by atoms with van der Waals surface area (Å²) in [5, 5.41) is 5.29. The molecule has 0 spiro atoms. The summed E-state index contributed by atoms with van der Waals surface area (Å²) in [5.41, 5.74) is 2.31. The summed E-state index contributed by atoms with van der Waals surface area (Å²) >= 11 is 0. The smallest absolute Gasteiger partial charge is 0.239 e. The van der Waals surface area contributed by atoms with E-state index >= 15 is 0 Å². The average Bonchev–Trinajstić information content (AvgIpc) is 2.26. The second kappa shape index (κ2) is 4.97. The molecule has 0 bridgehead atoms. The van der Waals surface area contributed by atoms with Gasteiger partial charge in [-0.1, -0.05) is 0 Å². The maximum absolute atomic E-state index is 10.9. The molecule has 0 radical (unpaired) electrons. The molecule has 0 saturated heterocycles. The number of nitrogens with zero attached hydrogens (tertiary/aromatic N) is 2. The Morgan fingerprint density at radius 1 is 1.64 bits per heavy atom. The summed E-state index contributed by atoms with van der Waals surface area (Å²) in [4.78, 5) is 18.7. The van der Waals surface area contributed by atoms with Crippen molar-refractivity contribution in [3.8, 4) is 0 Å². The molecule has 0 aromatic carbocycles. The van der Waals surface area contributed by atoms with Gasteiger partial charge in [0.1, 0.15) is 5.82 Å². The molecule has 1 amide bonds. The number of nitrogen functional groups attached to an aromatic ring is 1. The number of anilines is 2. The summed E-state index contributed by atoms with van der Waals surface area (Å²) in [7, 11) is 1.57. The first kappa shape index (κ1) is 10.2. The second-order valence-electron chi connectivity index (χ2n) is 2.44. The van der Waals surface area contributed by atoms with Crippen molar-refractivity contribution >= 4 is 17.7 Å². The maximum atomic E-state index is 10.9. The zero-order valence-corrected chi connectivity index (χ0v) is 7.74. The molecule has 0 aliphatic rings. The molecule has 0 aliphatic heterocycles. The highest BCUT2D eigenvalue weighted by Crippen LogP contribution is 2.03. The third-order valence-corrected chi connectivity index (χ3v) is 1.49. The molecule has 0 aliphatic carbocycles. The van der Waals surface area contributed by atoms with Crippen molar-refractivity contribution in [2.24, 2.45) is 5.84 Å². The number of nitrogens with two attached hydrogens (primary N) is 1. The van der Waals surface area contributed by atoms with Crippen molar-refractivity contribution in [1.82, 2.24) is 15.3 Å². The Morgan fingerprint density at radius 3 is 3.07 bits per heavy atom. The van der Waals surface area contributed by atoms with Crippen LogP contribution in [0.4, 0.5) is 11.8 Å². The van der Waals surface area contributed by atoms with Crippen LogP contribution in [-0.4, -0.2) is 29.5 Å². The van der Waals surface area contributed by atoms with Gasteiger partial charge in [-0.2, -0.15) is 4.98 Å². The average molecular weight is 196 g/mol. The molecule has 1 aromatic heterocycles.